The van der Waals surface area contributed by atoms with Crippen molar-refractivity contribution in [3.05, 3.63) is 0 Å². The molecule has 2 rings (SSSR count). The Morgan fingerprint density at radius 3 is 2.58 bits per heavy atom. The van der Waals surface area contributed by atoms with Crippen molar-refractivity contribution in [3.63, 3.8) is 0 Å². The van der Waals surface area contributed by atoms with Gasteiger partial charge in [0.15, 0.2) is 0 Å². The number of nitrogens with one attached hydrogen (secondary N) is 1. The Hall–Kier alpha value is -1.30. The minimum Gasteiger partial charge on any atom is -0.480 e. The van der Waals surface area contributed by atoms with E-state index in [4.69, 9.17) is 4.74 Å². The quantitative estimate of drug-likeness (QED) is 0.786. The van der Waals surface area contributed by atoms with E-state index in [2.05, 4.69) is 5.32 Å². The lowest BCUT2D eigenvalue weighted by atomic mass is 9.92. The second-order valence-electron chi connectivity index (χ2n) is 5.51. The number of carboxylic acids is 1. The molecule has 2 aliphatic rings. The van der Waals surface area contributed by atoms with Crippen LogP contribution in [0.3, 0.4) is 0 Å². The fraction of sp³-hybridized carbons (Fsp3) is 0.846. The zero-order valence-corrected chi connectivity index (χ0v) is 11.3. The molecule has 0 bridgehead atoms. The molecule has 2 fully saturated rings. The summed E-state index contributed by atoms with van der Waals surface area (Å²) in [5, 5.41) is 12.2. The Morgan fingerprint density at radius 1 is 1.26 bits per heavy atom. The minimum atomic E-state index is -0.909. The van der Waals surface area contributed by atoms with Crippen LogP contribution in [0.2, 0.25) is 0 Å². The monoisotopic (exact) mass is 270 g/mol. The van der Waals surface area contributed by atoms with Gasteiger partial charge in [-0.15, -0.1) is 0 Å². The van der Waals surface area contributed by atoms with E-state index in [-0.39, 0.29) is 12.1 Å². The van der Waals surface area contributed by atoms with E-state index in [0.29, 0.717) is 32.1 Å². The van der Waals surface area contributed by atoms with Crippen molar-refractivity contribution in [3.8, 4) is 0 Å². The normalized spacial score (nSPS) is 29.0. The molecular formula is C13H22N2O4. The van der Waals surface area contributed by atoms with Gasteiger partial charge in [0, 0.05) is 25.8 Å². The maximum atomic E-state index is 12.2. The number of hydrogen-bond donors (Lipinski definition) is 2. The standard InChI is InChI=1S/C13H22N2O4/c1-9-2-5-15(11(8-9)12(16)17)13(18)14-10-3-6-19-7-4-10/h9-11H,2-8H2,1H3,(H,14,18)(H,16,17). The second-order valence-corrected chi connectivity index (χ2v) is 5.51. The average molecular weight is 270 g/mol. The molecule has 2 heterocycles. The van der Waals surface area contributed by atoms with Gasteiger partial charge in [0.2, 0.25) is 0 Å². The van der Waals surface area contributed by atoms with Crippen molar-refractivity contribution in [2.24, 2.45) is 5.92 Å². The third kappa shape index (κ3) is 3.59. The predicted molar refractivity (Wildman–Crippen MR) is 68.9 cm³/mol. The van der Waals surface area contributed by atoms with Gasteiger partial charge in [-0.3, -0.25) is 0 Å². The first-order valence-corrected chi connectivity index (χ1v) is 6.95. The molecule has 0 saturated carbocycles. The smallest absolute Gasteiger partial charge is 0.326 e. The van der Waals surface area contributed by atoms with E-state index in [1.807, 2.05) is 6.92 Å². The van der Waals surface area contributed by atoms with Crippen molar-refractivity contribution in [1.29, 1.82) is 0 Å². The first-order valence-electron chi connectivity index (χ1n) is 6.95. The van der Waals surface area contributed by atoms with Crippen molar-refractivity contribution in [1.82, 2.24) is 10.2 Å². The average Bonchev–Trinajstić information content (AvgIpc) is 2.39. The molecule has 0 aliphatic carbocycles. The Morgan fingerprint density at radius 2 is 1.95 bits per heavy atom. The maximum Gasteiger partial charge on any atom is 0.326 e. The summed E-state index contributed by atoms with van der Waals surface area (Å²) in [6.45, 7) is 3.87. The number of aliphatic carboxylic acids is 1. The minimum absolute atomic E-state index is 0.107. The van der Waals surface area contributed by atoms with Crippen LogP contribution in [0.5, 0.6) is 0 Å². The third-order valence-corrected chi connectivity index (χ3v) is 3.96. The van der Waals surface area contributed by atoms with Gasteiger partial charge in [0.1, 0.15) is 6.04 Å². The van der Waals surface area contributed by atoms with Gasteiger partial charge in [-0.05, 0) is 31.6 Å². The number of carbonyl (C=O) groups is 2. The third-order valence-electron chi connectivity index (χ3n) is 3.96. The molecule has 0 aromatic rings. The molecule has 6 heteroatoms. The summed E-state index contributed by atoms with van der Waals surface area (Å²) < 4.78 is 5.24. The van der Waals surface area contributed by atoms with Gasteiger partial charge in [-0.25, -0.2) is 9.59 Å². The summed E-state index contributed by atoms with van der Waals surface area (Å²) >= 11 is 0. The molecule has 2 saturated heterocycles. The van der Waals surface area contributed by atoms with Gasteiger partial charge in [-0.2, -0.15) is 0 Å². The first kappa shape index (κ1) is 14.1. The number of amides is 2. The highest BCUT2D eigenvalue weighted by Gasteiger charge is 2.35. The van der Waals surface area contributed by atoms with E-state index in [0.717, 1.165) is 19.3 Å². The van der Waals surface area contributed by atoms with Crippen LogP contribution in [0, 0.1) is 5.92 Å². The molecule has 19 heavy (non-hydrogen) atoms. The summed E-state index contributed by atoms with van der Waals surface area (Å²) in [5.74, 6) is -0.554. The number of urea groups is 1. The fourth-order valence-electron chi connectivity index (χ4n) is 2.72. The summed E-state index contributed by atoms with van der Waals surface area (Å²) in [6.07, 6.45) is 3.00. The van der Waals surface area contributed by atoms with Crippen LogP contribution in [0.15, 0.2) is 0 Å². The van der Waals surface area contributed by atoms with Gasteiger partial charge < -0.3 is 20.1 Å². The summed E-state index contributed by atoms with van der Waals surface area (Å²) in [7, 11) is 0. The van der Waals surface area contributed by atoms with Gasteiger partial charge in [0.25, 0.3) is 0 Å². The van der Waals surface area contributed by atoms with E-state index >= 15 is 0 Å². The number of likely N-dealkylation sites (tertiary alicyclic amines) is 1. The van der Waals surface area contributed by atoms with E-state index in [9.17, 15) is 14.7 Å². The molecule has 2 atom stereocenters. The fourth-order valence-corrected chi connectivity index (χ4v) is 2.72. The summed E-state index contributed by atoms with van der Waals surface area (Å²) in [6, 6.07) is -0.829. The topological polar surface area (TPSA) is 78.9 Å². The van der Waals surface area contributed by atoms with Crippen LogP contribution in [0.1, 0.15) is 32.6 Å². The Kier molecular flexibility index (Phi) is 4.63. The highest BCUT2D eigenvalue weighted by Crippen LogP contribution is 2.23. The number of carboxylic acid groups (broad SMARTS) is 1. The molecule has 2 amide bonds. The second kappa shape index (κ2) is 6.23. The molecule has 0 aromatic heterocycles. The first-order chi connectivity index (χ1) is 9.08. The molecule has 2 N–H and O–H groups in total. The lowest BCUT2D eigenvalue weighted by Crippen LogP contribution is -2.55. The van der Waals surface area contributed by atoms with Crippen LogP contribution in [0.4, 0.5) is 4.79 Å². The van der Waals surface area contributed by atoms with Crippen LogP contribution < -0.4 is 5.32 Å². The number of carbonyl (C=O) groups excluding carboxylic acids is 1. The number of ether oxygens (including phenoxy) is 1. The van der Waals surface area contributed by atoms with Gasteiger partial charge >= 0.3 is 12.0 Å². The van der Waals surface area contributed by atoms with Crippen LogP contribution >= 0.6 is 0 Å². The molecule has 108 valence electrons. The van der Waals surface area contributed by atoms with E-state index in [1.165, 1.54) is 4.90 Å². The Balaban J connectivity index is 1.93. The van der Waals surface area contributed by atoms with Crippen LogP contribution in [-0.4, -0.2) is 53.8 Å². The lowest BCUT2D eigenvalue weighted by molar-refractivity contribution is -0.143. The Labute approximate surface area is 113 Å². The molecule has 0 aromatic carbocycles. The van der Waals surface area contributed by atoms with Crippen molar-refractivity contribution in [2.45, 2.75) is 44.7 Å². The molecule has 2 aliphatic heterocycles. The Bertz CT molecular complexity index is 342. The van der Waals surface area contributed by atoms with Gasteiger partial charge in [0.05, 0.1) is 0 Å². The molecule has 0 radical (unpaired) electrons. The number of piperidine rings is 1. The van der Waals surface area contributed by atoms with Crippen molar-refractivity contribution < 1.29 is 19.4 Å². The highest BCUT2D eigenvalue weighted by molar-refractivity contribution is 5.83. The van der Waals surface area contributed by atoms with Gasteiger partial charge in [-0.1, -0.05) is 6.92 Å². The number of rotatable bonds is 2. The summed E-state index contributed by atoms with van der Waals surface area (Å²) in [5.41, 5.74) is 0. The van der Waals surface area contributed by atoms with Crippen LogP contribution in [0.25, 0.3) is 0 Å². The molecule has 6 nitrogen and oxygen atoms in total. The molecule has 2 unspecified atom stereocenters. The molecular weight excluding hydrogens is 248 g/mol. The maximum absolute atomic E-state index is 12.2. The zero-order chi connectivity index (χ0) is 13.8. The van der Waals surface area contributed by atoms with Crippen molar-refractivity contribution in [2.75, 3.05) is 19.8 Å². The van der Waals surface area contributed by atoms with Crippen LogP contribution in [-0.2, 0) is 9.53 Å². The van der Waals surface area contributed by atoms with Crippen molar-refractivity contribution >= 4 is 12.0 Å². The van der Waals surface area contributed by atoms with E-state index < -0.39 is 12.0 Å². The highest BCUT2D eigenvalue weighted by atomic mass is 16.5. The van der Waals surface area contributed by atoms with E-state index in [1.54, 1.807) is 0 Å². The zero-order valence-electron chi connectivity index (χ0n) is 11.3. The summed E-state index contributed by atoms with van der Waals surface area (Å²) in [4.78, 5) is 24.9. The lowest BCUT2D eigenvalue weighted by Gasteiger charge is -2.37. The number of hydrogen-bond acceptors (Lipinski definition) is 3. The predicted octanol–water partition coefficient (Wildman–Crippen LogP) is 1.06. The largest absolute Gasteiger partial charge is 0.480 e. The SMILES string of the molecule is CC1CCN(C(=O)NC2CCOCC2)C(C(=O)O)C1. The number of nitrogens with zero attached hydrogens (tertiary/aromatic N) is 1. The molecule has 0 spiro atoms.